The maximum atomic E-state index is 11.9. The number of pyridine rings is 1. The van der Waals surface area contributed by atoms with Crippen molar-refractivity contribution in [2.24, 2.45) is 5.92 Å². The molecule has 19 heavy (non-hydrogen) atoms. The maximum Gasteiger partial charge on any atom is 0.293 e. The van der Waals surface area contributed by atoms with Crippen LogP contribution in [-0.4, -0.2) is 29.0 Å². The van der Waals surface area contributed by atoms with Crippen LogP contribution in [0.1, 0.15) is 34.6 Å². The molecule has 1 aromatic rings. The molecule has 0 bridgehead atoms. The maximum absolute atomic E-state index is 11.9. The topological polar surface area (TPSA) is 88.5 Å². The quantitative estimate of drug-likeness (QED) is 0.695. The molecule has 1 amide bonds. The third-order valence-corrected chi connectivity index (χ3v) is 3.01. The van der Waals surface area contributed by atoms with E-state index in [1.54, 1.807) is 12.1 Å². The van der Waals surface area contributed by atoms with Crippen LogP contribution in [0.2, 0.25) is 0 Å². The summed E-state index contributed by atoms with van der Waals surface area (Å²) >= 11 is 0. The van der Waals surface area contributed by atoms with Crippen molar-refractivity contribution in [1.82, 2.24) is 10.3 Å². The summed E-state index contributed by atoms with van der Waals surface area (Å²) in [5.74, 6) is 0.349. The van der Waals surface area contributed by atoms with Crippen LogP contribution >= 0.6 is 0 Å². The van der Waals surface area contributed by atoms with Crippen LogP contribution < -0.4 is 5.32 Å². The molecule has 1 fully saturated rings. The van der Waals surface area contributed by atoms with Crippen molar-refractivity contribution in [2.75, 3.05) is 6.54 Å². The molecule has 0 aromatic carbocycles. The molecule has 102 valence electrons. The van der Waals surface area contributed by atoms with Crippen LogP contribution in [0.25, 0.3) is 0 Å². The van der Waals surface area contributed by atoms with Crippen molar-refractivity contribution in [3.05, 3.63) is 29.1 Å². The van der Waals surface area contributed by atoms with E-state index >= 15 is 0 Å². The summed E-state index contributed by atoms with van der Waals surface area (Å²) in [5, 5.41) is 12.0. The van der Waals surface area contributed by atoms with Crippen molar-refractivity contribution in [3.8, 4) is 0 Å². The Morgan fingerprint density at radius 3 is 2.95 bits per heavy atom. The molecule has 0 atom stereocenters. The van der Waals surface area contributed by atoms with Gasteiger partial charge in [0.25, 0.3) is 12.4 Å². The Morgan fingerprint density at radius 2 is 2.32 bits per heavy atom. The standard InChI is InChI=1S/C13H16N2O4/c16-6-10-3-4-11(15-12(10)7-19-8-17)13(18)14-5-9-1-2-9/h3-4,8-9,16H,1-2,5-7H2,(H,14,18). The predicted molar refractivity (Wildman–Crippen MR) is 66.1 cm³/mol. The number of hydrogen-bond donors (Lipinski definition) is 2. The third kappa shape index (κ3) is 3.75. The highest BCUT2D eigenvalue weighted by Crippen LogP contribution is 2.27. The van der Waals surface area contributed by atoms with Crippen molar-refractivity contribution < 1.29 is 19.4 Å². The second kappa shape index (κ2) is 6.29. The summed E-state index contributed by atoms with van der Waals surface area (Å²) in [6.45, 7) is 0.711. The van der Waals surface area contributed by atoms with E-state index in [0.29, 0.717) is 30.2 Å². The minimum absolute atomic E-state index is 0.0524. The van der Waals surface area contributed by atoms with Gasteiger partial charge in [-0.3, -0.25) is 9.59 Å². The smallest absolute Gasteiger partial charge is 0.293 e. The summed E-state index contributed by atoms with van der Waals surface area (Å²) in [5.41, 5.74) is 1.21. The van der Waals surface area contributed by atoms with E-state index in [9.17, 15) is 9.59 Å². The van der Waals surface area contributed by atoms with Crippen molar-refractivity contribution in [1.29, 1.82) is 0 Å². The average Bonchev–Trinajstić information content (AvgIpc) is 3.26. The molecular formula is C13H16N2O4. The van der Waals surface area contributed by atoms with Crippen LogP contribution in [0.3, 0.4) is 0 Å². The Morgan fingerprint density at radius 1 is 1.53 bits per heavy atom. The number of hydrogen-bond acceptors (Lipinski definition) is 5. The SMILES string of the molecule is O=COCc1nc(C(=O)NCC2CC2)ccc1CO. The van der Waals surface area contributed by atoms with E-state index in [4.69, 9.17) is 5.11 Å². The zero-order valence-corrected chi connectivity index (χ0v) is 10.5. The number of nitrogens with zero attached hydrogens (tertiary/aromatic N) is 1. The number of ether oxygens (including phenoxy) is 1. The second-order valence-electron chi connectivity index (χ2n) is 4.52. The number of aromatic nitrogens is 1. The summed E-state index contributed by atoms with van der Waals surface area (Å²) in [6.07, 6.45) is 2.32. The number of carbonyl (C=O) groups excluding carboxylic acids is 2. The van der Waals surface area contributed by atoms with Crippen LogP contribution in [-0.2, 0) is 22.7 Å². The average molecular weight is 264 g/mol. The molecule has 0 saturated heterocycles. The van der Waals surface area contributed by atoms with Gasteiger partial charge in [0.1, 0.15) is 12.3 Å². The van der Waals surface area contributed by atoms with Gasteiger partial charge in [0.15, 0.2) is 0 Å². The molecule has 0 unspecified atom stereocenters. The van der Waals surface area contributed by atoms with E-state index in [1.807, 2.05) is 0 Å². The van der Waals surface area contributed by atoms with Crippen LogP contribution in [0.5, 0.6) is 0 Å². The number of aliphatic hydroxyl groups excluding tert-OH is 1. The molecule has 2 N–H and O–H groups in total. The molecular weight excluding hydrogens is 248 g/mol. The Labute approximate surface area is 110 Å². The van der Waals surface area contributed by atoms with Crippen LogP contribution in [0.15, 0.2) is 12.1 Å². The van der Waals surface area contributed by atoms with Gasteiger partial charge < -0.3 is 15.2 Å². The van der Waals surface area contributed by atoms with Crippen molar-refractivity contribution in [2.45, 2.75) is 26.1 Å². The van der Waals surface area contributed by atoms with Gasteiger partial charge in [0.05, 0.1) is 12.3 Å². The lowest BCUT2D eigenvalue weighted by atomic mass is 10.2. The lowest BCUT2D eigenvalue weighted by Crippen LogP contribution is -2.26. The minimum atomic E-state index is -0.247. The lowest BCUT2D eigenvalue weighted by molar-refractivity contribution is -0.129. The summed E-state index contributed by atoms with van der Waals surface area (Å²) < 4.78 is 4.62. The number of carbonyl (C=O) groups is 2. The summed E-state index contributed by atoms with van der Waals surface area (Å²) in [6, 6.07) is 3.17. The first kappa shape index (κ1) is 13.5. The molecule has 1 aliphatic rings. The fourth-order valence-electron chi connectivity index (χ4n) is 1.69. The highest BCUT2D eigenvalue weighted by Gasteiger charge is 2.22. The monoisotopic (exact) mass is 264 g/mol. The first-order chi connectivity index (χ1) is 9.24. The third-order valence-electron chi connectivity index (χ3n) is 3.01. The second-order valence-corrected chi connectivity index (χ2v) is 4.52. The van der Waals surface area contributed by atoms with Gasteiger partial charge in [-0.05, 0) is 24.8 Å². The van der Waals surface area contributed by atoms with Crippen LogP contribution in [0.4, 0.5) is 0 Å². The number of rotatable bonds is 7. The van der Waals surface area contributed by atoms with E-state index < -0.39 is 0 Å². The highest BCUT2D eigenvalue weighted by atomic mass is 16.5. The molecule has 1 heterocycles. The van der Waals surface area contributed by atoms with E-state index in [-0.39, 0.29) is 24.8 Å². The van der Waals surface area contributed by atoms with E-state index in [2.05, 4.69) is 15.0 Å². The Balaban J connectivity index is 2.06. The zero-order chi connectivity index (χ0) is 13.7. The molecule has 6 nitrogen and oxygen atoms in total. The molecule has 2 rings (SSSR count). The molecule has 1 saturated carbocycles. The predicted octanol–water partition coefficient (Wildman–Crippen LogP) is 0.387. The van der Waals surface area contributed by atoms with Gasteiger partial charge in [-0.25, -0.2) is 4.98 Å². The molecule has 0 aliphatic heterocycles. The van der Waals surface area contributed by atoms with Gasteiger partial charge in [0.2, 0.25) is 0 Å². The van der Waals surface area contributed by atoms with E-state index in [1.165, 1.54) is 0 Å². The van der Waals surface area contributed by atoms with Gasteiger partial charge in [-0.2, -0.15) is 0 Å². The number of aliphatic hydroxyl groups is 1. The molecule has 0 spiro atoms. The van der Waals surface area contributed by atoms with Crippen molar-refractivity contribution >= 4 is 12.4 Å². The highest BCUT2D eigenvalue weighted by molar-refractivity contribution is 5.92. The normalized spacial score (nSPS) is 13.9. The van der Waals surface area contributed by atoms with Gasteiger partial charge in [-0.15, -0.1) is 0 Å². The largest absolute Gasteiger partial charge is 0.461 e. The molecule has 1 aromatic heterocycles. The fourth-order valence-corrected chi connectivity index (χ4v) is 1.69. The molecule has 6 heteroatoms. The van der Waals surface area contributed by atoms with Crippen molar-refractivity contribution in [3.63, 3.8) is 0 Å². The molecule has 1 aliphatic carbocycles. The Kier molecular flexibility index (Phi) is 4.46. The first-order valence-electron chi connectivity index (χ1n) is 6.17. The number of nitrogens with one attached hydrogen (secondary N) is 1. The van der Waals surface area contributed by atoms with Crippen LogP contribution in [0, 0.1) is 5.92 Å². The summed E-state index contributed by atoms with van der Waals surface area (Å²) in [7, 11) is 0. The van der Waals surface area contributed by atoms with Gasteiger partial charge in [0, 0.05) is 12.1 Å². The number of amides is 1. The Hall–Kier alpha value is -1.95. The lowest BCUT2D eigenvalue weighted by Gasteiger charge is -2.08. The van der Waals surface area contributed by atoms with E-state index in [0.717, 1.165) is 12.8 Å². The fraction of sp³-hybridized carbons (Fsp3) is 0.462. The Bertz CT molecular complexity index is 472. The first-order valence-corrected chi connectivity index (χ1v) is 6.17. The van der Waals surface area contributed by atoms with Gasteiger partial charge in [-0.1, -0.05) is 6.07 Å². The molecule has 0 radical (unpaired) electrons. The summed E-state index contributed by atoms with van der Waals surface area (Å²) in [4.78, 5) is 26.2. The minimum Gasteiger partial charge on any atom is -0.461 e. The zero-order valence-electron chi connectivity index (χ0n) is 10.5. The van der Waals surface area contributed by atoms with Gasteiger partial charge >= 0.3 is 0 Å².